The first-order valence-electron chi connectivity index (χ1n) is 15.4. The second-order valence-corrected chi connectivity index (χ2v) is 12.1. The number of aryl methyl sites for hydroxylation is 2. The van der Waals surface area contributed by atoms with Crippen molar-refractivity contribution >= 4 is 41.1 Å². The highest BCUT2D eigenvalue weighted by Gasteiger charge is 2.35. The zero-order valence-electron chi connectivity index (χ0n) is 27.0. The first kappa shape index (κ1) is 37.3. The van der Waals surface area contributed by atoms with Crippen molar-refractivity contribution in [1.82, 2.24) is 20.2 Å². The van der Waals surface area contributed by atoms with Gasteiger partial charge in [0.2, 0.25) is 0 Å². The number of imide groups is 1. The quantitative estimate of drug-likeness (QED) is 0.237. The average Bonchev–Trinajstić information content (AvgIpc) is 3.06. The molecule has 1 aliphatic heterocycles. The smallest absolute Gasteiger partial charge is 0.416 e. The van der Waals surface area contributed by atoms with Crippen molar-refractivity contribution in [2.75, 3.05) is 58.9 Å². The van der Waals surface area contributed by atoms with Crippen LogP contribution in [-0.4, -0.2) is 90.7 Å². The van der Waals surface area contributed by atoms with Crippen molar-refractivity contribution in [3.63, 3.8) is 0 Å². The van der Waals surface area contributed by atoms with Gasteiger partial charge in [0, 0.05) is 25.5 Å². The lowest BCUT2D eigenvalue weighted by Gasteiger charge is -2.45. The predicted octanol–water partition coefficient (Wildman–Crippen LogP) is 1.12. The lowest BCUT2D eigenvalue weighted by atomic mass is 9.98. The van der Waals surface area contributed by atoms with Gasteiger partial charge in [0.1, 0.15) is 5.75 Å². The first-order chi connectivity index (χ1) is 22.0. The van der Waals surface area contributed by atoms with E-state index in [1.54, 1.807) is 19.2 Å². The number of nitrogens with one attached hydrogen (secondary N) is 1. The summed E-state index contributed by atoms with van der Waals surface area (Å²) >= 11 is 6.03. The van der Waals surface area contributed by atoms with Crippen LogP contribution in [0, 0.1) is 0 Å². The Morgan fingerprint density at radius 3 is 2.13 bits per heavy atom. The molecule has 2 unspecified atom stereocenters. The number of carbonyl (C=O) groups excluding carboxylic acids is 3. The van der Waals surface area contributed by atoms with Crippen LogP contribution in [0.15, 0.2) is 48.5 Å². The number of amides is 3. The number of hydrogen-bond acceptors (Lipinski definition) is 9. The highest BCUT2D eigenvalue weighted by molar-refractivity contribution is 6.31. The van der Waals surface area contributed by atoms with Crippen molar-refractivity contribution < 1.29 is 40.7 Å². The van der Waals surface area contributed by atoms with Gasteiger partial charge in [-0.05, 0) is 61.1 Å². The van der Waals surface area contributed by atoms with Gasteiger partial charge in [-0.3, -0.25) is 9.59 Å². The number of aromatic nitrogens is 2. The van der Waals surface area contributed by atoms with Crippen LogP contribution in [0.2, 0.25) is 5.15 Å². The molecule has 1 aromatic heterocycles. The molecule has 1 aliphatic rings. The molecule has 5 N–H and O–H groups in total. The Morgan fingerprint density at radius 2 is 1.55 bits per heavy atom. The molecule has 12 nitrogen and oxygen atoms in total. The van der Waals surface area contributed by atoms with E-state index in [9.17, 15) is 14.4 Å². The molecule has 0 bridgehead atoms. The van der Waals surface area contributed by atoms with Crippen LogP contribution in [0.3, 0.4) is 0 Å². The largest absolute Gasteiger partial charge is 1.00 e. The average molecular weight is 689 g/mol. The Labute approximate surface area is 286 Å². The van der Waals surface area contributed by atoms with Crippen LogP contribution in [0.25, 0.3) is 0 Å². The molecule has 0 spiro atoms. The normalized spacial score (nSPS) is 17.2. The summed E-state index contributed by atoms with van der Waals surface area (Å²) in [7, 11) is 4.29. The van der Waals surface area contributed by atoms with Gasteiger partial charge >= 0.3 is 6.09 Å². The summed E-state index contributed by atoms with van der Waals surface area (Å²) in [6.45, 7) is 3.67. The fraction of sp³-hybridized carbons (Fsp3) is 0.424. The maximum absolute atomic E-state index is 13.2. The molecule has 1 saturated heterocycles. The number of nitrogens with two attached hydrogens (primary N) is 2. The zero-order valence-corrected chi connectivity index (χ0v) is 28.5. The lowest BCUT2D eigenvalue weighted by molar-refractivity contribution is -0.933. The van der Waals surface area contributed by atoms with E-state index in [-0.39, 0.29) is 40.9 Å². The van der Waals surface area contributed by atoms with Crippen LogP contribution >= 0.6 is 11.6 Å². The van der Waals surface area contributed by atoms with Gasteiger partial charge in [0.05, 0.1) is 46.4 Å². The standard InChI is InChI=1S/C33H42ClN7O5.ClH/c1-40(33(44)46-3)32(43)24-14-10-22(11-15-24)7-4-18-41(19-5-8-23-12-16-26(45-2)17-13-23)20-6-9-25(21-41)37-31(42)27-29(35)39-30(36)28(34)38-27;/h10-17,25H,4-9,18-21H2,1-3H3,(H4-,35,36,37,39,42);1H. The van der Waals surface area contributed by atoms with Crippen LogP contribution in [0.4, 0.5) is 16.4 Å². The molecular weight excluding hydrogens is 645 g/mol. The Balaban J connectivity index is 0.00000600. The summed E-state index contributed by atoms with van der Waals surface area (Å²) < 4.78 is 10.8. The van der Waals surface area contributed by atoms with E-state index >= 15 is 0 Å². The van der Waals surface area contributed by atoms with Crippen molar-refractivity contribution in [1.29, 1.82) is 0 Å². The van der Waals surface area contributed by atoms with Gasteiger partial charge in [-0.15, -0.1) is 0 Å². The number of piperidine rings is 1. The topological polar surface area (TPSA) is 163 Å². The van der Waals surface area contributed by atoms with Crippen molar-refractivity contribution in [2.24, 2.45) is 0 Å². The number of rotatable bonds is 12. The van der Waals surface area contributed by atoms with Gasteiger partial charge in [0.25, 0.3) is 11.8 Å². The minimum atomic E-state index is -0.709. The molecule has 14 heteroatoms. The van der Waals surface area contributed by atoms with Crippen molar-refractivity contribution in [3.05, 3.63) is 76.1 Å². The highest BCUT2D eigenvalue weighted by atomic mass is 35.5. The first-order valence-corrected chi connectivity index (χ1v) is 15.7. The summed E-state index contributed by atoms with van der Waals surface area (Å²) in [6.07, 6.45) is 4.77. The van der Waals surface area contributed by atoms with Crippen LogP contribution in [-0.2, 0) is 17.6 Å². The van der Waals surface area contributed by atoms with Gasteiger partial charge in [-0.25, -0.2) is 19.7 Å². The molecule has 0 aliphatic carbocycles. The van der Waals surface area contributed by atoms with E-state index in [1.807, 2.05) is 24.3 Å². The molecule has 47 heavy (non-hydrogen) atoms. The number of hydrogen-bond donors (Lipinski definition) is 3. The summed E-state index contributed by atoms with van der Waals surface area (Å²) in [5.41, 5.74) is 14.4. The zero-order chi connectivity index (χ0) is 33.3. The maximum atomic E-state index is 13.2. The molecule has 254 valence electrons. The maximum Gasteiger partial charge on any atom is 0.416 e. The van der Waals surface area contributed by atoms with Gasteiger partial charge in [0.15, 0.2) is 22.5 Å². The minimum Gasteiger partial charge on any atom is -1.00 e. The van der Waals surface area contributed by atoms with Crippen LogP contribution in [0.5, 0.6) is 5.75 Å². The molecule has 2 aromatic carbocycles. The van der Waals surface area contributed by atoms with E-state index in [2.05, 4.69) is 32.2 Å². The van der Waals surface area contributed by atoms with Crippen molar-refractivity contribution in [3.8, 4) is 5.75 Å². The molecule has 0 radical (unpaired) electrons. The van der Waals surface area contributed by atoms with E-state index in [4.69, 9.17) is 27.8 Å². The Hall–Kier alpha value is -4.13. The number of methoxy groups -OCH3 is 2. The predicted molar refractivity (Wildman–Crippen MR) is 177 cm³/mol. The molecule has 3 amide bonds. The molecule has 4 rings (SSSR count). The van der Waals surface area contributed by atoms with Crippen LogP contribution in [0.1, 0.15) is 57.7 Å². The number of likely N-dealkylation sites (tertiary alicyclic amines) is 1. The Morgan fingerprint density at radius 1 is 0.957 bits per heavy atom. The molecule has 0 saturated carbocycles. The van der Waals surface area contributed by atoms with Gasteiger partial charge in [-0.2, -0.15) is 0 Å². The SMILES string of the molecule is COC(=O)N(C)C(=O)c1ccc(CCC[N+]2(CCCc3ccc(OC)cc3)CCCC(NC(=O)c3nc(Cl)c(N)nc3N)C2)cc1.[Cl-]. The van der Waals surface area contributed by atoms with E-state index in [0.29, 0.717) is 5.56 Å². The van der Waals surface area contributed by atoms with Crippen molar-refractivity contribution in [2.45, 2.75) is 44.6 Å². The van der Waals surface area contributed by atoms with E-state index < -0.39 is 17.9 Å². The molecule has 2 atom stereocenters. The van der Waals surface area contributed by atoms with Gasteiger partial charge < -0.3 is 43.1 Å². The number of quaternary nitrogens is 1. The summed E-state index contributed by atoms with van der Waals surface area (Å²) in [6, 6.07) is 15.4. The highest BCUT2D eigenvalue weighted by Crippen LogP contribution is 2.24. The second-order valence-electron chi connectivity index (χ2n) is 11.7. The molecule has 2 heterocycles. The Kier molecular flexibility index (Phi) is 13.6. The fourth-order valence-electron chi connectivity index (χ4n) is 6.08. The molecular formula is C33H43Cl2N7O5. The number of benzene rings is 2. The lowest BCUT2D eigenvalue weighted by Crippen LogP contribution is -3.00. The second kappa shape index (κ2) is 17.1. The summed E-state index contributed by atoms with van der Waals surface area (Å²) in [5, 5.41) is 3.07. The Bertz CT molecular complexity index is 1530. The van der Waals surface area contributed by atoms with Crippen LogP contribution < -0.4 is 33.9 Å². The fourth-order valence-corrected chi connectivity index (χ4v) is 6.21. The number of ether oxygens (including phenoxy) is 2. The van der Waals surface area contributed by atoms with E-state index in [0.717, 1.165) is 85.4 Å². The third-order valence-electron chi connectivity index (χ3n) is 8.56. The summed E-state index contributed by atoms with van der Waals surface area (Å²) in [5.74, 6) is -0.0731. The number of nitrogen functional groups attached to an aromatic ring is 2. The number of carbonyl (C=O) groups is 3. The number of anilines is 2. The summed E-state index contributed by atoms with van der Waals surface area (Å²) in [4.78, 5) is 46.4. The minimum absolute atomic E-state index is 0. The third-order valence-corrected chi connectivity index (χ3v) is 8.83. The number of halogens is 2. The van der Waals surface area contributed by atoms with E-state index in [1.165, 1.54) is 19.7 Å². The monoisotopic (exact) mass is 687 g/mol. The third kappa shape index (κ3) is 9.93. The molecule has 3 aromatic rings. The van der Waals surface area contributed by atoms with Gasteiger partial charge in [-0.1, -0.05) is 35.9 Å². The molecule has 1 fully saturated rings. The number of nitrogens with zero attached hydrogens (tertiary/aromatic N) is 4.